The zero-order chi connectivity index (χ0) is 41.3. The molecule has 2 saturated carbocycles. The molecule has 2 aliphatic rings. The molecule has 6 N–H and O–H groups in total. The molecule has 0 bridgehead atoms. The lowest BCUT2D eigenvalue weighted by atomic mass is 9.94. The van der Waals surface area contributed by atoms with Crippen molar-refractivity contribution in [2.75, 3.05) is 19.3 Å². The fourth-order valence-corrected chi connectivity index (χ4v) is 4.73. The van der Waals surface area contributed by atoms with E-state index < -0.39 is 17.7 Å². The van der Waals surface area contributed by atoms with E-state index >= 15 is 0 Å². The van der Waals surface area contributed by atoms with Crippen molar-refractivity contribution in [3.05, 3.63) is 88.6 Å². The number of aliphatic hydroxyl groups is 1. The monoisotopic (exact) mass is 745 g/mol. The maximum absolute atomic E-state index is 14.3. The average Bonchev–Trinajstić information content (AvgIpc) is 4.08. The van der Waals surface area contributed by atoms with Gasteiger partial charge < -0.3 is 21.9 Å². The number of anilines is 1. The number of nitrogen functional groups attached to an aromatic ring is 1. The fourth-order valence-electron chi connectivity index (χ4n) is 4.73. The van der Waals surface area contributed by atoms with Crippen LogP contribution in [0, 0.1) is 45.0 Å². The Balaban J connectivity index is 0. The summed E-state index contributed by atoms with van der Waals surface area (Å²) in [6, 6.07) is 8.77. The first kappa shape index (κ1) is 50.8. The van der Waals surface area contributed by atoms with Crippen LogP contribution in [-0.4, -0.2) is 40.9 Å². The van der Waals surface area contributed by atoms with Crippen LogP contribution in [0.2, 0.25) is 0 Å². The predicted octanol–water partition coefficient (Wildman–Crippen LogP) is 10.1. The number of pyridine rings is 2. The van der Waals surface area contributed by atoms with Crippen LogP contribution in [0.4, 0.5) is 23.2 Å². The first-order valence-corrected chi connectivity index (χ1v) is 18.3. The van der Waals surface area contributed by atoms with Crippen molar-refractivity contribution in [3.8, 4) is 23.7 Å². The molecule has 3 aromatic rings. The van der Waals surface area contributed by atoms with Gasteiger partial charge in [0.1, 0.15) is 5.69 Å². The second-order valence-electron chi connectivity index (χ2n) is 11.8. The summed E-state index contributed by atoms with van der Waals surface area (Å²) in [5, 5.41) is 12.2. The number of hydrogen-bond acceptors (Lipinski definition) is 7. The number of nitrogens with two attached hydrogens (primary N) is 2. The lowest BCUT2D eigenvalue weighted by molar-refractivity contribution is -0.141. The number of halogens is 4. The van der Waals surface area contributed by atoms with Gasteiger partial charge in [-0.2, -0.15) is 13.2 Å². The van der Waals surface area contributed by atoms with Crippen LogP contribution in [0.25, 0.3) is 11.3 Å². The van der Waals surface area contributed by atoms with Gasteiger partial charge in [0.15, 0.2) is 5.82 Å². The largest absolute Gasteiger partial charge is 0.433 e. The predicted molar refractivity (Wildman–Crippen MR) is 216 cm³/mol. The van der Waals surface area contributed by atoms with Crippen LogP contribution in [0.3, 0.4) is 0 Å². The minimum absolute atomic E-state index is 0.0470. The third kappa shape index (κ3) is 17.9. The van der Waals surface area contributed by atoms with Gasteiger partial charge in [-0.15, -0.1) is 13.2 Å². The number of likely N-dealkylation sites (N-methyl/N-ethyl adjacent to an activating group) is 1. The number of benzene rings is 1. The number of aryl methyl sites for hydroxylation is 2. The zero-order valence-corrected chi connectivity index (χ0v) is 33.6. The van der Waals surface area contributed by atoms with Crippen LogP contribution < -0.4 is 16.8 Å². The number of alkyl halides is 3. The number of terminal acetylenes is 1. The molecule has 1 atom stereocenters. The van der Waals surface area contributed by atoms with Gasteiger partial charge in [0, 0.05) is 41.2 Å². The van der Waals surface area contributed by atoms with Crippen molar-refractivity contribution >= 4 is 11.9 Å². The van der Waals surface area contributed by atoms with E-state index in [2.05, 4.69) is 59.4 Å². The molecule has 2 aromatic heterocycles. The molecule has 5 rings (SSSR count). The van der Waals surface area contributed by atoms with Crippen LogP contribution in [0.5, 0.6) is 0 Å². The summed E-state index contributed by atoms with van der Waals surface area (Å²) >= 11 is 0. The Bertz CT molecular complexity index is 1540. The Hall–Kier alpha value is -4.27. The maximum atomic E-state index is 14.3. The van der Waals surface area contributed by atoms with Crippen LogP contribution in [-0.2, 0) is 12.8 Å². The SMILES string of the molecule is C#CN.C=C.CC.CC.CCC.CNCC(c1cc(C)c(C)c(-c2cc(C(F)(F)F)ncc2F)n1)C1CC1.Cc1cc(CO)cc(C=NC2CC2)c1N. The average molecular weight is 745 g/mol. The van der Waals surface area contributed by atoms with Crippen LogP contribution in [0.1, 0.15) is 119 Å². The Morgan fingerprint density at radius 3 is 2.04 bits per heavy atom. The Kier molecular flexibility index (Phi) is 26.2. The summed E-state index contributed by atoms with van der Waals surface area (Å²) in [6.07, 6.45) is 8.04. The molecule has 2 fully saturated rings. The van der Waals surface area contributed by atoms with Gasteiger partial charge in [-0.25, -0.2) is 9.37 Å². The fraction of sp³-hybridized carbons (Fsp3) is 0.500. The first-order chi connectivity index (χ1) is 25.2. The van der Waals surface area contributed by atoms with Crippen molar-refractivity contribution in [1.82, 2.24) is 15.3 Å². The van der Waals surface area contributed by atoms with E-state index in [-0.39, 0.29) is 23.8 Å². The van der Waals surface area contributed by atoms with Crippen molar-refractivity contribution in [2.24, 2.45) is 16.6 Å². The molecule has 1 unspecified atom stereocenters. The standard InChI is InChI=1S/C19H21F4N3.C12H16N2O.C3H8.C2H3N.2C2H6.C2H4/c1-10-6-16(14(8-24-3)12-4-5-12)26-18(11(10)2)13-7-17(19(21,22)23)25-9-15(13)20;1-8-4-9(7-15)5-10(12(8)13)6-14-11-2-3-11;1-3-2;1-2-3;3*1-2/h6-7,9,12,14,24H,4-5,8H2,1-3H3;4-6,11,15H,2-3,7,13H2,1H3;3H2,1-2H3;1H,3H2;2*1-2H3;1-2H2. The summed E-state index contributed by atoms with van der Waals surface area (Å²) in [7, 11) is 1.86. The van der Waals surface area contributed by atoms with E-state index in [1.54, 1.807) is 13.0 Å². The summed E-state index contributed by atoms with van der Waals surface area (Å²) in [5.41, 5.74) is 15.2. The minimum atomic E-state index is -4.63. The molecule has 11 heteroatoms. The number of nitrogens with one attached hydrogen (secondary N) is 1. The molecular formula is C42H64F4N6O. The third-order valence-electron chi connectivity index (χ3n) is 7.58. The van der Waals surface area contributed by atoms with Crippen molar-refractivity contribution < 1.29 is 22.7 Å². The van der Waals surface area contributed by atoms with E-state index in [9.17, 15) is 17.6 Å². The number of hydrogen-bond donors (Lipinski definition) is 4. The maximum Gasteiger partial charge on any atom is 0.433 e. The summed E-state index contributed by atoms with van der Waals surface area (Å²) in [6.45, 7) is 24.6. The number of aliphatic hydroxyl groups excluding tert-OH is 1. The Labute approximate surface area is 316 Å². The highest BCUT2D eigenvalue weighted by Gasteiger charge is 2.35. The summed E-state index contributed by atoms with van der Waals surface area (Å²) in [4.78, 5) is 12.2. The Morgan fingerprint density at radius 2 is 1.58 bits per heavy atom. The molecule has 2 aliphatic carbocycles. The van der Waals surface area contributed by atoms with E-state index in [0.29, 0.717) is 23.7 Å². The van der Waals surface area contributed by atoms with Gasteiger partial charge in [0.2, 0.25) is 0 Å². The molecule has 0 spiro atoms. The highest BCUT2D eigenvalue weighted by molar-refractivity contribution is 5.88. The van der Waals surface area contributed by atoms with Gasteiger partial charge in [0.25, 0.3) is 0 Å². The molecule has 0 saturated heterocycles. The number of nitrogens with zero attached hydrogens (tertiary/aromatic N) is 3. The van der Waals surface area contributed by atoms with Gasteiger partial charge in [-0.05, 0) is 106 Å². The normalized spacial score (nSPS) is 13.2. The summed E-state index contributed by atoms with van der Waals surface area (Å²) < 4.78 is 53.3. The smallest absolute Gasteiger partial charge is 0.398 e. The molecule has 2 heterocycles. The van der Waals surface area contributed by atoms with Crippen molar-refractivity contribution in [2.45, 2.75) is 119 Å². The molecule has 0 radical (unpaired) electrons. The highest BCUT2D eigenvalue weighted by atomic mass is 19.4. The molecule has 0 aliphatic heterocycles. The van der Waals surface area contributed by atoms with E-state index in [0.717, 1.165) is 59.1 Å². The Morgan fingerprint density at radius 1 is 1.04 bits per heavy atom. The summed E-state index contributed by atoms with van der Waals surface area (Å²) in [5.74, 6) is -0.121. The van der Waals surface area contributed by atoms with Gasteiger partial charge in [0.05, 0.1) is 24.5 Å². The van der Waals surface area contributed by atoms with E-state index in [4.69, 9.17) is 10.8 Å². The van der Waals surface area contributed by atoms with Crippen molar-refractivity contribution in [3.63, 3.8) is 0 Å². The third-order valence-corrected chi connectivity index (χ3v) is 7.58. The van der Waals surface area contributed by atoms with E-state index in [1.807, 2.05) is 73.0 Å². The first-order valence-electron chi connectivity index (χ1n) is 18.3. The van der Waals surface area contributed by atoms with Crippen LogP contribution >= 0.6 is 0 Å². The zero-order valence-electron chi connectivity index (χ0n) is 33.6. The molecule has 296 valence electrons. The molecular weight excluding hydrogens is 680 g/mol. The van der Waals surface area contributed by atoms with Gasteiger partial charge >= 0.3 is 6.18 Å². The number of aromatic nitrogens is 2. The number of rotatable bonds is 8. The topological polar surface area (TPSA) is 122 Å². The van der Waals surface area contributed by atoms with Crippen LogP contribution in [0.15, 0.2) is 48.6 Å². The van der Waals surface area contributed by atoms with Crippen molar-refractivity contribution in [1.29, 1.82) is 0 Å². The molecule has 7 nitrogen and oxygen atoms in total. The highest BCUT2D eigenvalue weighted by Crippen LogP contribution is 2.43. The molecule has 53 heavy (non-hydrogen) atoms. The number of aliphatic imine (C=N–C) groups is 1. The lowest BCUT2D eigenvalue weighted by Gasteiger charge is -2.19. The molecule has 1 aromatic carbocycles. The van der Waals surface area contributed by atoms with Gasteiger partial charge in [-0.3, -0.25) is 9.98 Å². The second kappa shape index (κ2) is 27.4. The lowest BCUT2D eigenvalue weighted by Crippen LogP contribution is -2.20. The molecule has 0 amide bonds. The quantitative estimate of drug-likeness (QED) is 0.0455. The minimum Gasteiger partial charge on any atom is -0.398 e. The van der Waals surface area contributed by atoms with E-state index in [1.165, 1.54) is 19.3 Å². The van der Waals surface area contributed by atoms with Gasteiger partial charge in [-0.1, -0.05) is 60.5 Å². The second-order valence-corrected chi connectivity index (χ2v) is 11.8.